The van der Waals surface area contributed by atoms with Crippen molar-refractivity contribution in [3.8, 4) is 0 Å². The molecule has 5 fully saturated rings. The van der Waals surface area contributed by atoms with Crippen LogP contribution in [0.1, 0.15) is 78.6 Å². The number of aliphatic carboxylic acids is 3. The number of aliphatic hydroxyl groups is 1. The van der Waals surface area contributed by atoms with Crippen molar-refractivity contribution in [3.05, 3.63) is 0 Å². The van der Waals surface area contributed by atoms with Crippen LogP contribution in [0.3, 0.4) is 0 Å². The van der Waals surface area contributed by atoms with Crippen LogP contribution in [0.2, 0.25) is 0 Å². The minimum atomic E-state index is -1.47. The van der Waals surface area contributed by atoms with E-state index in [2.05, 4.69) is 0 Å². The molecule has 0 aromatic carbocycles. The summed E-state index contributed by atoms with van der Waals surface area (Å²) in [5.41, 5.74) is -2.80. The van der Waals surface area contributed by atoms with Gasteiger partial charge < -0.3 is 30.1 Å². The van der Waals surface area contributed by atoms with E-state index in [0.29, 0.717) is 24.8 Å². The molecule has 0 aromatic heterocycles. The maximum atomic E-state index is 11.5. The molecule has 12 nitrogen and oxygen atoms in total. The van der Waals surface area contributed by atoms with Crippen LogP contribution in [0.4, 0.5) is 4.79 Å². The van der Waals surface area contributed by atoms with Gasteiger partial charge in [0, 0.05) is 30.8 Å². The molecule has 38 heavy (non-hydrogen) atoms. The number of ketones is 2. The third kappa shape index (κ3) is 9.38. The number of hydrogen-bond donors (Lipinski definition) is 4. The first-order valence-corrected chi connectivity index (χ1v) is 13.1. The van der Waals surface area contributed by atoms with Crippen molar-refractivity contribution in [1.29, 1.82) is 0 Å². The molecule has 0 bridgehead atoms. The van der Waals surface area contributed by atoms with Gasteiger partial charge in [-0.05, 0) is 84.5 Å². The molecule has 1 saturated heterocycles. The number of ether oxygens (including phenoxy) is 1. The fourth-order valence-electron chi connectivity index (χ4n) is 3.51. The highest BCUT2D eigenvalue weighted by Crippen LogP contribution is 2.42. The number of nitrogens with zero attached hydrogens (tertiary/aromatic N) is 1. The van der Waals surface area contributed by atoms with Gasteiger partial charge in [0.25, 0.3) is 0 Å². The number of rotatable bonds is 8. The van der Waals surface area contributed by atoms with E-state index in [1.165, 1.54) is 18.7 Å². The Hall–Kier alpha value is -3.02. The van der Waals surface area contributed by atoms with Gasteiger partial charge in [0.2, 0.25) is 11.4 Å². The second-order valence-corrected chi connectivity index (χ2v) is 11.0. The maximum absolute atomic E-state index is 11.5. The highest BCUT2D eigenvalue weighted by molar-refractivity contribution is 6.34. The fourth-order valence-corrected chi connectivity index (χ4v) is 3.51. The van der Waals surface area contributed by atoms with E-state index in [1.807, 2.05) is 0 Å². The van der Waals surface area contributed by atoms with Gasteiger partial charge in [0.1, 0.15) is 5.78 Å². The molecule has 214 valence electrons. The van der Waals surface area contributed by atoms with Gasteiger partial charge in [-0.1, -0.05) is 0 Å². The monoisotopic (exact) mass is 541 g/mol. The van der Waals surface area contributed by atoms with Crippen LogP contribution in [0.25, 0.3) is 0 Å². The lowest BCUT2D eigenvalue weighted by Gasteiger charge is -2.34. The first kappa shape index (κ1) is 31.2. The normalized spacial score (nSPS) is 22.5. The molecule has 5 rings (SSSR count). The molecule has 2 atom stereocenters. The van der Waals surface area contributed by atoms with E-state index in [9.17, 15) is 28.8 Å². The summed E-state index contributed by atoms with van der Waals surface area (Å²) in [7, 11) is 0. The number of carbonyl (C=O) groups excluding carboxylic acids is 3. The molecule has 5 aliphatic rings. The van der Waals surface area contributed by atoms with Crippen LogP contribution >= 0.6 is 0 Å². The molecule has 0 radical (unpaired) electrons. The van der Waals surface area contributed by atoms with Crippen molar-refractivity contribution in [3.63, 3.8) is 0 Å². The first-order valence-electron chi connectivity index (χ1n) is 13.1. The summed E-state index contributed by atoms with van der Waals surface area (Å²) in [5, 5.41) is 34.6. The largest absolute Gasteiger partial charge is 0.479 e. The zero-order chi connectivity index (χ0) is 28.8. The molecule has 4 saturated carbocycles. The summed E-state index contributed by atoms with van der Waals surface area (Å²) in [4.78, 5) is 64.7. The second-order valence-electron chi connectivity index (χ2n) is 11.0. The molecule has 1 heterocycles. The number of carboxylic acids is 3. The molecule has 0 aromatic rings. The Bertz CT molecular complexity index is 925. The van der Waals surface area contributed by atoms with E-state index in [0.717, 1.165) is 57.8 Å². The molecular formula is C26H39NO11. The molecular weight excluding hydrogens is 502 g/mol. The van der Waals surface area contributed by atoms with Crippen LogP contribution < -0.4 is 0 Å². The number of Topliss-reactive ketones (excluding diaryl/α,β-unsaturated/α-hetero) is 2. The summed E-state index contributed by atoms with van der Waals surface area (Å²) < 4.78 is 5.11. The topological polar surface area (TPSA) is 196 Å². The van der Waals surface area contributed by atoms with Gasteiger partial charge in [-0.25, -0.2) is 19.2 Å². The highest BCUT2D eigenvalue weighted by atomic mass is 16.6. The third-order valence-electron chi connectivity index (χ3n) is 7.31. The van der Waals surface area contributed by atoms with Gasteiger partial charge in [0.15, 0.2) is 5.60 Å². The van der Waals surface area contributed by atoms with Gasteiger partial charge in [-0.3, -0.25) is 9.59 Å². The van der Waals surface area contributed by atoms with Gasteiger partial charge in [0.05, 0.1) is 0 Å². The number of carbonyl (C=O) groups is 6. The van der Waals surface area contributed by atoms with Crippen molar-refractivity contribution in [2.24, 2.45) is 23.7 Å². The maximum Gasteiger partial charge on any atom is 0.410 e. The Morgan fingerprint density at radius 3 is 1.39 bits per heavy atom. The van der Waals surface area contributed by atoms with Crippen molar-refractivity contribution >= 4 is 35.6 Å². The predicted molar refractivity (Wildman–Crippen MR) is 131 cm³/mol. The third-order valence-corrected chi connectivity index (χ3v) is 7.31. The zero-order valence-electron chi connectivity index (χ0n) is 22.2. The molecule has 0 spiro atoms. The smallest absolute Gasteiger partial charge is 0.410 e. The summed E-state index contributed by atoms with van der Waals surface area (Å²) >= 11 is 0. The lowest BCUT2D eigenvalue weighted by Crippen LogP contribution is -2.49. The number of likely N-dealkylation sites (tertiary alicyclic amines) is 1. The van der Waals surface area contributed by atoms with Crippen molar-refractivity contribution < 1.29 is 53.9 Å². The van der Waals surface area contributed by atoms with Gasteiger partial charge in [-0.2, -0.15) is 0 Å². The van der Waals surface area contributed by atoms with E-state index in [4.69, 9.17) is 25.2 Å². The Morgan fingerprint density at radius 2 is 1.21 bits per heavy atom. The Kier molecular flexibility index (Phi) is 10.4. The summed E-state index contributed by atoms with van der Waals surface area (Å²) in [6.07, 6.45) is 7.67. The van der Waals surface area contributed by atoms with Crippen molar-refractivity contribution in [2.45, 2.75) is 89.8 Å². The summed E-state index contributed by atoms with van der Waals surface area (Å²) in [5.74, 6) is -3.39. The average molecular weight is 542 g/mol. The SMILES string of the molecule is CC(=O)C1CC1.CC(O)(C(=O)O)C1CC1.CC(OC(=O)N1CCC1)(C(=O)O)C1CC1.O=C(O)C(=O)C1CC1. The highest BCUT2D eigenvalue weighted by Gasteiger charge is 2.51. The summed E-state index contributed by atoms with van der Waals surface area (Å²) in [6, 6.07) is 0. The Morgan fingerprint density at radius 1 is 0.737 bits per heavy atom. The standard InChI is InChI=1S/C10H15NO4.C6H10O3.C5H6O3.C5H8O/c1-10(8(12)13,7-3-4-7)15-9(14)11-5-2-6-11;1-6(9,5(7)8)4-2-3-4;6-4(5(7)8)3-1-2-3;1-4(6)5-2-3-5/h7H,2-6H2,1H3,(H,12,13);4,9H,2-3H2,1H3,(H,7,8);3H,1-2H2,(H,7,8);5H,2-3H2,1H3. The predicted octanol–water partition coefficient (Wildman–Crippen LogP) is 2.35. The molecule has 2 unspecified atom stereocenters. The fraction of sp³-hybridized carbons (Fsp3) is 0.769. The van der Waals surface area contributed by atoms with Crippen LogP contribution in [-0.2, 0) is 28.7 Å². The second kappa shape index (κ2) is 12.7. The molecule has 4 aliphatic carbocycles. The van der Waals surface area contributed by atoms with Crippen LogP contribution in [-0.4, -0.2) is 85.2 Å². The minimum absolute atomic E-state index is 0.00463. The average Bonchev–Trinajstić information content (AvgIpc) is 3.67. The number of amides is 1. The van der Waals surface area contributed by atoms with E-state index >= 15 is 0 Å². The Labute approximate surface area is 221 Å². The van der Waals surface area contributed by atoms with Crippen molar-refractivity contribution in [2.75, 3.05) is 13.1 Å². The molecule has 1 amide bonds. The van der Waals surface area contributed by atoms with Crippen LogP contribution in [0.5, 0.6) is 0 Å². The van der Waals surface area contributed by atoms with Gasteiger partial charge in [-0.15, -0.1) is 0 Å². The van der Waals surface area contributed by atoms with E-state index in [1.54, 1.807) is 6.92 Å². The van der Waals surface area contributed by atoms with Crippen LogP contribution in [0.15, 0.2) is 0 Å². The number of carboxylic acid groups (broad SMARTS) is 3. The lowest BCUT2D eigenvalue weighted by atomic mass is 10.0. The van der Waals surface area contributed by atoms with E-state index < -0.39 is 41.0 Å². The summed E-state index contributed by atoms with van der Waals surface area (Å²) in [6.45, 7) is 5.87. The van der Waals surface area contributed by atoms with Crippen molar-refractivity contribution in [1.82, 2.24) is 4.90 Å². The first-order chi connectivity index (χ1) is 17.6. The number of hydrogen-bond acceptors (Lipinski definition) is 8. The quantitative estimate of drug-likeness (QED) is 0.329. The van der Waals surface area contributed by atoms with E-state index in [-0.39, 0.29) is 17.8 Å². The molecule has 4 N–H and O–H groups in total. The van der Waals surface area contributed by atoms with Crippen LogP contribution in [0, 0.1) is 23.7 Å². The minimum Gasteiger partial charge on any atom is -0.479 e. The lowest BCUT2D eigenvalue weighted by molar-refractivity contribution is -0.160. The Balaban J connectivity index is 0.000000190. The molecule has 12 heteroatoms. The molecule has 1 aliphatic heterocycles. The van der Waals surface area contributed by atoms with Gasteiger partial charge >= 0.3 is 24.0 Å². The zero-order valence-corrected chi connectivity index (χ0v) is 22.2.